The molecule has 0 saturated carbocycles. The molecule has 0 aliphatic carbocycles. The summed E-state index contributed by atoms with van der Waals surface area (Å²) >= 11 is 0. The second kappa shape index (κ2) is 14.0. The number of nitrogens with zero attached hydrogens (tertiary/aromatic N) is 2. The lowest BCUT2D eigenvalue weighted by atomic mass is 9.83. The molecule has 2 aliphatic rings. The Morgan fingerprint density at radius 2 is 1.68 bits per heavy atom. The highest BCUT2D eigenvalue weighted by Crippen LogP contribution is 2.45. The van der Waals surface area contributed by atoms with Gasteiger partial charge in [-0.2, -0.15) is 13.2 Å². The van der Waals surface area contributed by atoms with Gasteiger partial charge < -0.3 is 14.4 Å². The van der Waals surface area contributed by atoms with Gasteiger partial charge in [0.15, 0.2) is 0 Å². The number of alkyl halides is 4. The second-order valence-electron chi connectivity index (χ2n) is 13.3. The Kier molecular flexibility index (Phi) is 10.9. The van der Waals surface area contributed by atoms with Gasteiger partial charge in [0.1, 0.15) is 11.5 Å². The van der Waals surface area contributed by atoms with Crippen molar-refractivity contribution in [2.45, 2.75) is 75.7 Å². The number of carbonyl (C=O) groups excluding carboxylic acids is 2. The number of ether oxygens (including phenoxy) is 2. The summed E-state index contributed by atoms with van der Waals surface area (Å²) in [6.07, 6.45) is -3.12. The van der Waals surface area contributed by atoms with Crippen LogP contribution in [0.5, 0.6) is 11.5 Å². The van der Waals surface area contributed by atoms with Crippen molar-refractivity contribution in [1.82, 2.24) is 14.5 Å². The first-order chi connectivity index (χ1) is 21.8. The van der Waals surface area contributed by atoms with Gasteiger partial charge in [-0.15, -0.1) is 0 Å². The van der Waals surface area contributed by atoms with Crippen LogP contribution in [0.2, 0.25) is 0 Å². The highest BCUT2D eigenvalue weighted by atomic mass is 32.2. The number of halogens is 4. The summed E-state index contributed by atoms with van der Waals surface area (Å²) in [5, 5.41) is 0. The smallest absolute Gasteiger partial charge is 0.416 e. The quantitative estimate of drug-likeness (QED) is 0.269. The van der Waals surface area contributed by atoms with E-state index in [1.54, 1.807) is 31.4 Å². The van der Waals surface area contributed by atoms with E-state index in [9.17, 15) is 31.2 Å². The van der Waals surface area contributed by atoms with Crippen LogP contribution in [0.1, 0.15) is 75.0 Å². The van der Waals surface area contributed by atoms with Crippen molar-refractivity contribution in [3.05, 3.63) is 59.2 Å². The van der Waals surface area contributed by atoms with Gasteiger partial charge in [0.2, 0.25) is 21.6 Å². The van der Waals surface area contributed by atoms with E-state index >= 15 is 4.39 Å². The van der Waals surface area contributed by atoms with Gasteiger partial charge in [0.05, 0.1) is 25.5 Å². The van der Waals surface area contributed by atoms with Crippen molar-refractivity contribution < 1.29 is 45.0 Å². The Morgan fingerprint density at radius 3 is 2.23 bits per heavy atom. The predicted molar refractivity (Wildman–Crippen MR) is 169 cm³/mol. The average molecular weight is 686 g/mol. The number of likely N-dealkylation sites (tertiary alicyclic amines) is 2. The Hall–Kier alpha value is -3.39. The molecule has 0 bridgehead atoms. The zero-order valence-electron chi connectivity index (χ0n) is 27.3. The molecule has 0 unspecified atom stereocenters. The summed E-state index contributed by atoms with van der Waals surface area (Å²) in [6, 6.07) is 10.3. The highest BCUT2D eigenvalue weighted by molar-refractivity contribution is 7.89. The van der Waals surface area contributed by atoms with Gasteiger partial charge in [-0.3, -0.25) is 19.2 Å². The van der Waals surface area contributed by atoms with Gasteiger partial charge in [-0.1, -0.05) is 18.2 Å². The van der Waals surface area contributed by atoms with E-state index in [0.717, 1.165) is 18.4 Å². The molecule has 2 saturated heterocycles. The lowest BCUT2D eigenvalue weighted by molar-refractivity contribution is -0.145. The van der Waals surface area contributed by atoms with E-state index < -0.39 is 45.2 Å². The third kappa shape index (κ3) is 8.95. The largest absolute Gasteiger partial charge is 0.497 e. The number of hydrogen-bond acceptors (Lipinski definition) is 7. The van der Waals surface area contributed by atoms with Crippen LogP contribution in [0.3, 0.4) is 0 Å². The molecule has 47 heavy (non-hydrogen) atoms. The number of hydrogen-bond donors (Lipinski definition) is 1. The van der Waals surface area contributed by atoms with E-state index in [4.69, 9.17) is 9.47 Å². The van der Waals surface area contributed by atoms with Crippen LogP contribution in [-0.4, -0.2) is 87.4 Å². The van der Waals surface area contributed by atoms with Crippen molar-refractivity contribution in [2.75, 3.05) is 46.2 Å². The van der Waals surface area contributed by atoms with Gasteiger partial charge in [0.25, 0.3) is 5.91 Å². The number of benzene rings is 2. The van der Waals surface area contributed by atoms with E-state index in [-0.39, 0.29) is 56.3 Å². The van der Waals surface area contributed by atoms with Crippen LogP contribution < -0.4 is 14.2 Å². The molecule has 1 N–H and O–H groups in total. The summed E-state index contributed by atoms with van der Waals surface area (Å²) in [4.78, 5) is 29.3. The lowest BCUT2D eigenvalue weighted by Gasteiger charge is -2.38. The fourth-order valence-corrected chi connectivity index (χ4v) is 6.77. The first-order valence-corrected chi connectivity index (χ1v) is 17.4. The summed E-state index contributed by atoms with van der Waals surface area (Å²) in [6.45, 7) is 6.54. The molecule has 2 aromatic carbocycles. The molecule has 2 heterocycles. The van der Waals surface area contributed by atoms with Gasteiger partial charge in [-0.25, -0.2) is 12.8 Å². The van der Waals surface area contributed by atoms with Crippen LogP contribution in [0.4, 0.5) is 17.6 Å². The van der Waals surface area contributed by atoms with Crippen LogP contribution in [0.15, 0.2) is 42.5 Å². The Labute approximate surface area is 273 Å². The van der Waals surface area contributed by atoms with E-state index in [0.29, 0.717) is 36.3 Å². The zero-order chi connectivity index (χ0) is 34.8. The molecule has 0 radical (unpaired) electrons. The average Bonchev–Trinajstić information content (AvgIpc) is 3.37. The second-order valence-corrected chi connectivity index (χ2v) is 15.1. The SMILES string of the molecule is COc1ccc([C@@H]2CN(C(C)(C)C)C[C@@]2(F)C(=O)N2CCC(c3ccc(C(F)(F)F)cc3OCCCC(=O)NS(C)(=O)=O)CC2)cc1. The molecular weight excluding hydrogens is 642 g/mol. The fourth-order valence-electron chi connectivity index (χ4n) is 6.25. The molecule has 2 aromatic rings. The molecule has 2 atom stereocenters. The van der Waals surface area contributed by atoms with E-state index in [2.05, 4.69) is 0 Å². The third-order valence-corrected chi connectivity index (χ3v) is 9.46. The molecule has 14 heteroatoms. The molecule has 2 aliphatic heterocycles. The molecule has 2 amide bonds. The minimum absolute atomic E-state index is 0.00580. The first kappa shape index (κ1) is 36.4. The Morgan fingerprint density at radius 1 is 1.04 bits per heavy atom. The molecular formula is C33H43F4N3O6S. The summed E-state index contributed by atoms with van der Waals surface area (Å²) in [5.41, 5.74) is -2.23. The van der Waals surface area contributed by atoms with Gasteiger partial charge >= 0.3 is 6.18 Å². The number of rotatable bonds is 10. The maximum absolute atomic E-state index is 17.1. The Balaban J connectivity index is 1.48. The number of nitrogens with one attached hydrogen (secondary N) is 1. The van der Waals surface area contributed by atoms with E-state index in [1.165, 1.54) is 11.0 Å². The number of carbonyl (C=O) groups is 2. The summed E-state index contributed by atoms with van der Waals surface area (Å²) in [5.74, 6) is -1.67. The molecule has 2 fully saturated rings. The maximum atomic E-state index is 17.1. The van der Waals surface area contributed by atoms with Crippen LogP contribution >= 0.6 is 0 Å². The van der Waals surface area contributed by atoms with Crippen molar-refractivity contribution in [1.29, 1.82) is 0 Å². The number of methoxy groups -OCH3 is 1. The lowest BCUT2D eigenvalue weighted by Crippen LogP contribution is -2.53. The number of amides is 2. The Bertz CT molecular complexity index is 1540. The van der Waals surface area contributed by atoms with Crippen LogP contribution in [0.25, 0.3) is 0 Å². The van der Waals surface area contributed by atoms with E-state index in [1.807, 2.05) is 30.4 Å². The molecule has 9 nitrogen and oxygen atoms in total. The van der Waals surface area contributed by atoms with Crippen molar-refractivity contribution in [2.24, 2.45) is 0 Å². The molecule has 4 rings (SSSR count). The molecule has 0 spiro atoms. The van der Waals surface area contributed by atoms with Crippen LogP contribution in [-0.2, 0) is 25.8 Å². The number of sulfonamides is 1. The fraction of sp³-hybridized carbons (Fsp3) is 0.576. The van der Waals surface area contributed by atoms with Crippen molar-refractivity contribution in [3.63, 3.8) is 0 Å². The number of piperidine rings is 1. The third-order valence-electron chi connectivity index (χ3n) is 8.87. The topological polar surface area (TPSA) is 105 Å². The van der Waals surface area contributed by atoms with Crippen LogP contribution in [0, 0.1) is 0 Å². The molecule has 260 valence electrons. The summed E-state index contributed by atoms with van der Waals surface area (Å²) < 4.78 is 93.1. The molecule has 0 aromatic heterocycles. The minimum atomic E-state index is -4.61. The summed E-state index contributed by atoms with van der Waals surface area (Å²) in [7, 11) is -2.18. The predicted octanol–water partition coefficient (Wildman–Crippen LogP) is 5.26. The van der Waals surface area contributed by atoms with Gasteiger partial charge in [0, 0.05) is 44.1 Å². The zero-order valence-corrected chi connectivity index (χ0v) is 28.1. The van der Waals surface area contributed by atoms with Crippen molar-refractivity contribution in [3.8, 4) is 11.5 Å². The monoisotopic (exact) mass is 685 g/mol. The maximum Gasteiger partial charge on any atom is 0.416 e. The van der Waals surface area contributed by atoms with Crippen molar-refractivity contribution >= 4 is 21.8 Å². The van der Waals surface area contributed by atoms with Gasteiger partial charge in [-0.05, 0) is 81.3 Å². The normalized spacial score (nSPS) is 21.5. The minimum Gasteiger partial charge on any atom is -0.497 e. The standard InChI is InChI=1S/C33H43F4N3O6S/c1-31(2,3)40-20-27(23-8-11-25(45-4)12-9-23)32(34,21-40)30(42)39-16-14-22(15-17-39)26-13-10-24(33(35,36)37)19-28(26)46-18-6-7-29(41)38-47(5,43)44/h8-13,19,22,27H,6-7,14-18,20-21H2,1-5H3,(H,38,41)/t27-,32-/m0/s1. The first-order valence-electron chi connectivity index (χ1n) is 15.5. The highest BCUT2D eigenvalue weighted by Gasteiger charge is 2.57.